The van der Waals surface area contributed by atoms with Crippen molar-refractivity contribution in [2.75, 3.05) is 12.4 Å². The number of hydrogen-bond donors (Lipinski definition) is 2. The zero-order valence-electron chi connectivity index (χ0n) is 11.2. The van der Waals surface area contributed by atoms with E-state index in [9.17, 15) is 9.90 Å². The molecule has 20 heavy (non-hydrogen) atoms. The van der Waals surface area contributed by atoms with E-state index in [0.29, 0.717) is 6.42 Å². The zero-order valence-corrected chi connectivity index (χ0v) is 11.9. The Hall–Kier alpha value is -1.63. The Balaban J connectivity index is 2.17. The van der Waals surface area contributed by atoms with Crippen LogP contribution < -0.4 is 10.1 Å². The fourth-order valence-electron chi connectivity index (χ4n) is 2.43. The molecule has 0 aromatic carbocycles. The maximum atomic E-state index is 11.4. The van der Waals surface area contributed by atoms with Crippen LogP contribution in [-0.2, 0) is 4.79 Å². The summed E-state index contributed by atoms with van der Waals surface area (Å²) in [6.45, 7) is 0. The number of ether oxygens (including phenoxy) is 1. The molecule has 1 saturated carbocycles. The van der Waals surface area contributed by atoms with Crippen LogP contribution in [0.1, 0.15) is 32.1 Å². The molecule has 0 radical (unpaired) electrons. The average molecular weight is 301 g/mol. The number of halogens is 1. The van der Waals surface area contributed by atoms with Gasteiger partial charge in [0.15, 0.2) is 0 Å². The molecule has 2 atom stereocenters. The van der Waals surface area contributed by atoms with Crippen molar-refractivity contribution in [1.29, 1.82) is 0 Å². The molecule has 1 fully saturated rings. The second-order valence-electron chi connectivity index (χ2n) is 4.75. The lowest BCUT2D eigenvalue weighted by Gasteiger charge is -2.22. The van der Waals surface area contributed by atoms with Gasteiger partial charge in [0.2, 0.25) is 11.2 Å². The van der Waals surface area contributed by atoms with Crippen LogP contribution >= 0.6 is 11.6 Å². The van der Waals surface area contributed by atoms with Crippen LogP contribution in [0.4, 0.5) is 5.95 Å². The molecular formula is C12H17ClN4O3. The largest absolute Gasteiger partial charge is 0.481 e. The third-order valence-electron chi connectivity index (χ3n) is 3.42. The van der Waals surface area contributed by atoms with E-state index in [1.54, 1.807) is 0 Å². The Morgan fingerprint density at radius 2 is 2.05 bits per heavy atom. The van der Waals surface area contributed by atoms with Gasteiger partial charge in [0.05, 0.1) is 13.0 Å². The molecule has 1 aromatic rings. The van der Waals surface area contributed by atoms with Crippen molar-refractivity contribution in [2.45, 2.75) is 38.1 Å². The predicted octanol–water partition coefficient (Wildman–Crippen LogP) is 1.98. The molecule has 2 N–H and O–H groups in total. The molecule has 0 spiro atoms. The number of carboxylic acid groups (broad SMARTS) is 1. The van der Waals surface area contributed by atoms with Crippen LogP contribution in [0.15, 0.2) is 0 Å². The smallest absolute Gasteiger partial charge is 0.322 e. The first-order chi connectivity index (χ1) is 9.60. The number of carboxylic acids is 1. The highest BCUT2D eigenvalue weighted by atomic mass is 35.5. The lowest BCUT2D eigenvalue weighted by Crippen LogP contribution is -2.34. The minimum absolute atomic E-state index is 0.0137. The molecule has 0 aliphatic heterocycles. The van der Waals surface area contributed by atoms with Gasteiger partial charge in [0.25, 0.3) is 0 Å². The fourth-order valence-corrected chi connectivity index (χ4v) is 2.58. The first-order valence-corrected chi connectivity index (χ1v) is 6.93. The monoisotopic (exact) mass is 300 g/mol. The summed E-state index contributed by atoms with van der Waals surface area (Å²) >= 11 is 5.78. The lowest BCUT2D eigenvalue weighted by atomic mass is 9.95. The normalized spacial score (nSPS) is 22.9. The van der Waals surface area contributed by atoms with Gasteiger partial charge < -0.3 is 15.2 Å². The van der Waals surface area contributed by atoms with E-state index < -0.39 is 11.9 Å². The first-order valence-electron chi connectivity index (χ1n) is 6.55. The molecule has 2 unspecified atom stereocenters. The van der Waals surface area contributed by atoms with Crippen molar-refractivity contribution < 1.29 is 14.6 Å². The van der Waals surface area contributed by atoms with Crippen molar-refractivity contribution in [2.24, 2.45) is 5.92 Å². The van der Waals surface area contributed by atoms with Crippen LogP contribution in [-0.4, -0.2) is 39.2 Å². The average Bonchev–Trinajstić information content (AvgIpc) is 2.63. The van der Waals surface area contributed by atoms with Gasteiger partial charge in [-0.1, -0.05) is 19.3 Å². The Bertz CT molecular complexity index is 486. The molecule has 0 amide bonds. The topological polar surface area (TPSA) is 97.2 Å². The lowest BCUT2D eigenvalue weighted by molar-refractivity contribution is -0.142. The van der Waals surface area contributed by atoms with Crippen molar-refractivity contribution in [1.82, 2.24) is 15.0 Å². The predicted molar refractivity (Wildman–Crippen MR) is 73.0 cm³/mol. The van der Waals surface area contributed by atoms with E-state index >= 15 is 0 Å². The quantitative estimate of drug-likeness (QED) is 0.820. The van der Waals surface area contributed by atoms with Gasteiger partial charge in [-0.2, -0.15) is 15.0 Å². The standard InChI is InChI=1S/C12H17ClN4O3/c1-20-12-16-10(13)15-11(17-12)14-8-6-4-2-3-5-7(8)9(18)19/h7-8H,2-6H2,1H3,(H,18,19)(H,14,15,16,17). The van der Waals surface area contributed by atoms with Crippen LogP contribution in [0, 0.1) is 5.92 Å². The van der Waals surface area contributed by atoms with Crippen LogP contribution in [0.25, 0.3) is 0 Å². The number of methoxy groups -OCH3 is 1. The Morgan fingerprint density at radius 1 is 1.30 bits per heavy atom. The number of aromatic nitrogens is 3. The second-order valence-corrected chi connectivity index (χ2v) is 5.09. The number of carbonyl (C=O) groups is 1. The highest BCUT2D eigenvalue weighted by molar-refractivity contribution is 6.28. The fraction of sp³-hybridized carbons (Fsp3) is 0.667. The van der Waals surface area contributed by atoms with Gasteiger partial charge in [-0.05, 0) is 24.4 Å². The number of aliphatic carboxylic acids is 1. The van der Waals surface area contributed by atoms with Crippen molar-refractivity contribution >= 4 is 23.5 Å². The third kappa shape index (κ3) is 3.69. The number of hydrogen-bond acceptors (Lipinski definition) is 6. The molecule has 8 heteroatoms. The SMILES string of the molecule is COc1nc(Cl)nc(NC2CCCCCC2C(=O)O)n1. The minimum atomic E-state index is -0.795. The highest BCUT2D eigenvalue weighted by Gasteiger charge is 2.30. The van der Waals surface area contributed by atoms with Gasteiger partial charge in [-0.3, -0.25) is 4.79 Å². The maximum Gasteiger partial charge on any atom is 0.322 e. The molecule has 7 nitrogen and oxygen atoms in total. The first kappa shape index (κ1) is 14.8. The van der Waals surface area contributed by atoms with E-state index in [2.05, 4.69) is 20.3 Å². The third-order valence-corrected chi connectivity index (χ3v) is 3.59. The summed E-state index contributed by atoms with van der Waals surface area (Å²) in [4.78, 5) is 23.1. The summed E-state index contributed by atoms with van der Waals surface area (Å²) in [5.74, 6) is -0.990. The van der Waals surface area contributed by atoms with Crippen LogP contribution in [0.3, 0.4) is 0 Å². The van der Waals surface area contributed by atoms with Gasteiger partial charge in [0.1, 0.15) is 0 Å². The number of nitrogens with one attached hydrogen (secondary N) is 1. The van der Waals surface area contributed by atoms with Crippen LogP contribution in [0.5, 0.6) is 6.01 Å². The summed E-state index contributed by atoms with van der Waals surface area (Å²) in [6, 6.07) is -0.105. The summed E-state index contributed by atoms with van der Waals surface area (Å²) in [5, 5.41) is 12.4. The zero-order chi connectivity index (χ0) is 14.5. The van der Waals surface area contributed by atoms with E-state index in [1.807, 2.05) is 0 Å². The van der Waals surface area contributed by atoms with Crippen LogP contribution in [0.2, 0.25) is 5.28 Å². The van der Waals surface area contributed by atoms with Crippen molar-refractivity contribution in [3.8, 4) is 6.01 Å². The number of rotatable bonds is 4. The Kier molecular flexibility index (Phi) is 4.94. The highest BCUT2D eigenvalue weighted by Crippen LogP contribution is 2.26. The van der Waals surface area contributed by atoms with Gasteiger partial charge >= 0.3 is 12.0 Å². The molecule has 1 aliphatic carbocycles. The molecule has 1 heterocycles. The minimum Gasteiger partial charge on any atom is -0.481 e. The van der Waals surface area contributed by atoms with E-state index in [0.717, 1.165) is 25.7 Å². The molecule has 1 aliphatic rings. The van der Waals surface area contributed by atoms with E-state index in [4.69, 9.17) is 16.3 Å². The molecule has 0 bridgehead atoms. The molecule has 110 valence electrons. The molecular weight excluding hydrogens is 284 g/mol. The molecule has 0 saturated heterocycles. The van der Waals surface area contributed by atoms with Gasteiger partial charge in [-0.25, -0.2) is 0 Å². The van der Waals surface area contributed by atoms with Gasteiger partial charge in [-0.15, -0.1) is 0 Å². The summed E-state index contributed by atoms with van der Waals surface area (Å²) in [5.41, 5.74) is 0. The van der Waals surface area contributed by atoms with Gasteiger partial charge in [0, 0.05) is 6.04 Å². The molecule has 1 aromatic heterocycles. The maximum absolute atomic E-state index is 11.4. The summed E-state index contributed by atoms with van der Waals surface area (Å²) < 4.78 is 4.92. The molecule has 2 rings (SSSR count). The Morgan fingerprint density at radius 3 is 2.75 bits per heavy atom. The summed E-state index contributed by atoms with van der Waals surface area (Å²) in [6.07, 6.45) is 4.38. The van der Waals surface area contributed by atoms with E-state index in [-0.39, 0.29) is 23.3 Å². The van der Waals surface area contributed by atoms with Crippen molar-refractivity contribution in [3.05, 3.63) is 5.28 Å². The number of anilines is 1. The number of nitrogens with zero attached hydrogens (tertiary/aromatic N) is 3. The van der Waals surface area contributed by atoms with E-state index in [1.165, 1.54) is 7.11 Å². The Labute approximate surface area is 121 Å². The summed E-state index contributed by atoms with van der Waals surface area (Å²) in [7, 11) is 1.43. The second kappa shape index (κ2) is 6.69. The van der Waals surface area contributed by atoms with Crippen molar-refractivity contribution in [3.63, 3.8) is 0 Å².